The zero-order valence-corrected chi connectivity index (χ0v) is 13.1. The first-order valence-corrected chi connectivity index (χ1v) is 8.83. The van der Waals surface area contributed by atoms with Gasteiger partial charge in [0, 0.05) is 17.3 Å². The maximum atomic E-state index is 3.84. The number of rotatable bonds is 4. The molecule has 0 radical (unpaired) electrons. The van der Waals surface area contributed by atoms with Crippen molar-refractivity contribution in [2.45, 2.75) is 43.5 Å². The predicted octanol–water partition coefficient (Wildman–Crippen LogP) is 4.77. The van der Waals surface area contributed by atoms with Gasteiger partial charge in [-0.2, -0.15) is 11.8 Å². The Morgan fingerprint density at radius 3 is 2.70 bits per heavy atom. The lowest BCUT2D eigenvalue weighted by Crippen LogP contribution is -2.29. The summed E-state index contributed by atoms with van der Waals surface area (Å²) < 4.78 is 0. The third-order valence-corrected chi connectivity index (χ3v) is 5.59. The maximum absolute atomic E-state index is 3.84. The fourth-order valence-electron chi connectivity index (χ4n) is 3.38. The third kappa shape index (κ3) is 2.87. The van der Waals surface area contributed by atoms with Gasteiger partial charge in [0.05, 0.1) is 0 Å². The topological polar surface area (TPSA) is 12.0 Å². The van der Waals surface area contributed by atoms with Crippen LogP contribution in [0, 0.1) is 0 Å². The van der Waals surface area contributed by atoms with Crippen LogP contribution in [0.5, 0.6) is 0 Å². The highest BCUT2D eigenvalue weighted by Crippen LogP contribution is 2.31. The van der Waals surface area contributed by atoms with Gasteiger partial charge in [-0.3, -0.25) is 0 Å². The Balaban J connectivity index is 1.77. The summed E-state index contributed by atoms with van der Waals surface area (Å²) in [7, 11) is 0. The largest absolute Gasteiger partial charge is 0.307 e. The summed E-state index contributed by atoms with van der Waals surface area (Å²) in [6.45, 7) is 2.30. The quantitative estimate of drug-likeness (QED) is 0.868. The summed E-state index contributed by atoms with van der Waals surface area (Å²) in [5.74, 6) is 0. The fourth-order valence-corrected chi connectivity index (χ4v) is 4.17. The summed E-state index contributed by atoms with van der Waals surface area (Å²) in [6, 6.07) is 16.4. The fraction of sp³-hybridized carbons (Fsp3) is 0.444. The maximum Gasteiger partial charge on any atom is 0.0300 e. The van der Waals surface area contributed by atoms with Gasteiger partial charge in [0.15, 0.2) is 0 Å². The first-order chi connectivity index (χ1) is 9.78. The number of hydrogen-bond donors (Lipinski definition) is 1. The second-order valence-electron chi connectivity index (χ2n) is 5.82. The average Bonchev–Trinajstić information content (AvgIpc) is 2.94. The first kappa shape index (κ1) is 14.0. The van der Waals surface area contributed by atoms with E-state index in [9.17, 15) is 0 Å². The van der Waals surface area contributed by atoms with Gasteiger partial charge in [0.2, 0.25) is 0 Å². The third-order valence-electron chi connectivity index (χ3n) is 4.49. The van der Waals surface area contributed by atoms with Crippen molar-refractivity contribution in [1.29, 1.82) is 0 Å². The van der Waals surface area contributed by atoms with Gasteiger partial charge in [-0.15, -0.1) is 0 Å². The van der Waals surface area contributed by atoms with E-state index in [0.29, 0.717) is 12.1 Å². The van der Waals surface area contributed by atoms with Crippen molar-refractivity contribution in [2.24, 2.45) is 0 Å². The molecule has 3 unspecified atom stereocenters. The smallest absolute Gasteiger partial charge is 0.0300 e. The Morgan fingerprint density at radius 2 is 1.90 bits per heavy atom. The van der Waals surface area contributed by atoms with E-state index in [0.717, 1.165) is 5.25 Å². The van der Waals surface area contributed by atoms with Gasteiger partial charge >= 0.3 is 0 Å². The minimum Gasteiger partial charge on any atom is -0.307 e. The Hall–Kier alpha value is -0.990. The summed E-state index contributed by atoms with van der Waals surface area (Å²) in [5.41, 5.74) is 1.43. The first-order valence-electron chi connectivity index (χ1n) is 7.54. The number of fused-ring (bicyclic) bond motifs is 1. The Morgan fingerprint density at radius 1 is 1.10 bits per heavy atom. The Bertz CT molecular complexity index is 575. The SMILES string of the molecule is CSC1CCC(NC(C)c2cccc3ccccc23)C1. The number of nitrogens with one attached hydrogen (secondary N) is 1. The molecular formula is C18H23NS. The lowest BCUT2D eigenvalue weighted by Gasteiger charge is -2.21. The molecule has 20 heavy (non-hydrogen) atoms. The molecule has 1 N–H and O–H groups in total. The molecule has 1 aliphatic rings. The highest BCUT2D eigenvalue weighted by atomic mass is 32.2. The van der Waals surface area contributed by atoms with Crippen LogP contribution >= 0.6 is 11.8 Å². The molecule has 0 spiro atoms. The van der Waals surface area contributed by atoms with Crippen LogP contribution in [0.2, 0.25) is 0 Å². The molecule has 3 rings (SSSR count). The van der Waals surface area contributed by atoms with Crippen LogP contribution < -0.4 is 5.32 Å². The van der Waals surface area contributed by atoms with Gasteiger partial charge in [-0.25, -0.2) is 0 Å². The van der Waals surface area contributed by atoms with Crippen LogP contribution in [0.25, 0.3) is 10.8 Å². The van der Waals surface area contributed by atoms with E-state index >= 15 is 0 Å². The van der Waals surface area contributed by atoms with E-state index in [1.165, 1.54) is 35.6 Å². The molecule has 1 saturated carbocycles. The average molecular weight is 285 g/mol. The molecule has 1 fully saturated rings. The molecule has 0 saturated heterocycles. The summed E-state index contributed by atoms with van der Waals surface area (Å²) >= 11 is 2.02. The van der Waals surface area contributed by atoms with Gasteiger partial charge in [0.1, 0.15) is 0 Å². The number of hydrogen-bond acceptors (Lipinski definition) is 2. The van der Waals surface area contributed by atoms with E-state index in [2.05, 4.69) is 61.0 Å². The van der Waals surface area contributed by atoms with E-state index in [1.54, 1.807) is 0 Å². The molecule has 0 bridgehead atoms. The molecular weight excluding hydrogens is 262 g/mol. The summed E-state index contributed by atoms with van der Waals surface area (Å²) in [6.07, 6.45) is 6.24. The molecule has 0 aliphatic heterocycles. The molecule has 106 valence electrons. The normalized spacial score (nSPS) is 24.1. The summed E-state index contributed by atoms with van der Waals surface area (Å²) in [5, 5.41) is 7.42. The van der Waals surface area contributed by atoms with Crippen molar-refractivity contribution >= 4 is 22.5 Å². The van der Waals surface area contributed by atoms with Crippen LogP contribution in [0.1, 0.15) is 37.8 Å². The standard InChI is InChI=1S/C18H23NS/c1-13(19-15-10-11-16(12-15)20-2)17-9-5-7-14-6-3-4-8-18(14)17/h3-9,13,15-16,19H,10-12H2,1-2H3. The zero-order chi connectivity index (χ0) is 13.9. The number of benzene rings is 2. The van der Waals surface area contributed by atoms with E-state index < -0.39 is 0 Å². The second-order valence-corrected chi connectivity index (χ2v) is 6.96. The van der Waals surface area contributed by atoms with Gasteiger partial charge < -0.3 is 5.32 Å². The lowest BCUT2D eigenvalue weighted by atomic mass is 9.99. The van der Waals surface area contributed by atoms with Crippen LogP contribution in [0.3, 0.4) is 0 Å². The highest BCUT2D eigenvalue weighted by Gasteiger charge is 2.25. The zero-order valence-electron chi connectivity index (χ0n) is 12.3. The molecule has 2 heteroatoms. The van der Waals surface area contributed by atoms with Crippen molar-refractivity contribution in [3.63, 3.8) is 0 Å². The molecule has 0 heterocycles. The van der Waals surface area contributed by atoms with Crippen molar-refractivity contribution in [3.8, 4) is 0 Å². The molecule has 2 aromatic rings. The highest BCUT2D eigenvalue weighted by molar-refractivity contribution is 7.99. The molecule has 0 amide bonds. The van der Waals surface area contributed by atoms with Crippen LogP contribution in [-0.2, 0) is 0 Å². The van der Waals surface area contributed by atoms with Crippen molar-refractivity contribution in [2.75, 3.05) is 6.26 Å². The van der Waals surface area contributed by atoms with Crippen molar-refractivity contribution in [1.82, 2.24) is 5.32 Å². The van der Waals surface area contributed by atoms with Crippen molar-refractivity contribution in [3.05, 3.63) is 48.0 Å². The second kappa shape index (κ2) is 6.19. The van der Waals surface area contributed by atoms with E-state index in [4.69, 9.17) is 0 Å². The summed E-state index contributed by atoms with van der Waals surface area (Å²) in [4.78, 5) is 0. The Labute approximate surface area is 126 Å². The van der Waals surface area contributed by atoms with Crippen LogP contribution in [0.15, 0.2) is 42.5 Å². The van der Waals surface area contributed by atoms with Gasteiger partial charge in [0.25, 0.3) is 0 Å². The number of thioether (sulfide) groups is 1. The lowest BCUT2D eigenvalue weighted by molar-refractivity contribution is 0.464. The minimum absolute atomic E-state index is 0.423. The molecule has 0 aromatic heterocycles. The monoisotopic (exact) mass is 285 g/mol. The van der Waals surface area contributed by atoms with Crippen LogP contribution in [-0.4, -0.2) is 17.5 Å². The molecule has 1 nitrogen and oxygen atoms in total. The van der Waals surface area contributed by atoms with Gasteiger partial charge in [-0.1, -0.05) is 42.5 Å². The Kier molecular flexibility index (Phi) is 4.32. The molecule has 2 aromatic carbocycles. The molecule has 3 atom stereocenters. The predicted molar refractivity (Wildman–Crippen MR) is 90.4 cm³/mol. The molecule has 1 aliphatic carbocycles. The van der Waals surface area contributed by atoms with E-state index in [1.807, 2.05) is 11.8 Å². The van der Waals surface area contributed by atoms with Crippen LogP contribution in [0.4, 0.5) is 0 Å². The van der Waals surface area contributed by atoms with Gasteiger partial charge in [-0.05, 0) is 48.8 Å². The van der Waals surface area contributed by atoms with Crippen molar-refractivity contribution < 1.29 is 0 Å². The minimum atomic E-state index is 0.423. The van der Waals surface area contributed by atoms with E-state index in [-0.39, 0.29) is 0 Å².